The van der Waals surface area contributed by atoms with Crippen LogP contribution in [-0.2, 0) is 38.1 Å². The summed E-state index contributed by atoms with van der Waals surface area (Å²) in [5.74, 6) is -2.90. The van der Waals surface area contributed by atoms with Crippen LogP contribution >= 0.6 is 0 Å². The topological polar surface area (TPSA) is 166 Å². The summed E-state index contributed by atoms with van der Waals surface area (Å²) < 4.78 is 18.8. The Morgan fingerprint density at radius 1 is 0.568 bits per heavy atom. The quantitative estimate of drug-likeness (QED) is 0.0607. The molecule has 1 unspecified atom stereocenters. The number of hydrogen-bond donors (Lipinski definition) is 3. The van der Waals surface area contributed by atoms with Crippen LogP contribution in [0.3, 0.4) is 0 Å². The zero-order valence-electron chi connectivity index (χ0n) is 27.9. The summed E-state index contributed by atoms with van der Waals surface area (Å²) in [7, 11) is 0. The molecule has 0 aromatic carbocycles. The largest absolute Gasteiger partial charge is 0.466 e. The van der Waals surface area contributed by atoms with E-state index in [9.17, 15) is 24.3 Å². The molecular weight excluding hydrogens is 572 g/mol. The molecule has 0 saturated heterocycles. The lowest BCUT2D eigenvalue weighted by molar-refractivity contribution is -0.177. The minimum absolute atomic E-state index is 0.0206. The van der Waals surface area contributed by atoms with Gasteiger partial charge in [-0.15, -0.1) is 0 Å². The molecule has 1 atom stereocenters. The molecule has 11 heteroatoms. The molecule has 44 heavy (non-hydrogen) atoms. The molecule has 0 rings (SSSR count). The number of unbranched alkanes of at least 4 members (excludes halogenated alkanes) is 14. The lowest BCUT2D eigenvalue weighted by Gasteiger charge is -2.23. The van der Waals surface area contributed by atoms with Gasteiger partial charge in [-0.1, -0.05) is 96.8 Å². The van der Waals surface area contributed by atoms with E-state index < -0.39 is 42.5 Å². The molecule has 0 radical (unpaired) electrons. The van der Waals surface area contributed by atoms with Crippen molar-refractivity contribution in [2.45, 2.75) is 155 Å². The van der Waals surface area contributed by atoms with Gasteiger partial charge in [-0.3, -0.25) is 14.4 Å². The standard InChI is InChI=1S/C21H42O4.C12H20O7/c1-2-3-4-5-6-7-8-9-10-11-12-13-14-15-16-17-21(24)25-19-20(23)18-22;1-4-17-9(13)7-12(16,11(15)19-6-3)8-10(14)18-5-2/h20,22-23H,2-19H2,1H3;16H,4-8H2,1-3H3. The van der Waals surface area contributed by atoms with Gasteiger partial charge in [0.15, 0.2) is 5.60 Å². The Morgan fingerprint density at radius 3 is 1.32 bits per heavy atom. The molecule has 0 amide bonds. The molecule has 0 aliphatic carbocycles. The second-order valence-corrected chi connectivity index (χ2v) is 10.9. The second kappa shape index (κ2) is 30.8. The Kier molecular flexibility index (Phi) is 30.7. The Bertz CT molecular complexity index is 707. The smallest absolute Gasteiger partial charge is 0.339 e. The van der Waals surface area contributed by atoms with Crippen LogP contribution in [-0.4, -0.2) is 83.9 Å². The van der Waals surface area contributed by atoms with Crippen LogP contribution in [0, 0.1) is 0 Å². The first-order valence-corrected chi connectivity index (χ1v) is 16.7. The van der Waals surface area contributed by atoms with Crippen molar-refractivity contribution in [3.05, 3.63) is 0 Å². The van der Waals surface area contributed by atoms with Gasteiger partial charge in [0.2, 0.25) is 0 Å². The van der Waals surface area contributed by atoms with Crippen LogP contribution in [0.5, 0.6) is 0 Å². The normalized spacial score (nSPS) is 11.6. The van der Waals surface area contributed by atoms with Crippen molar-refractivity contribution in [1.82, 2.24) is 0 Å². The number of esters is 4. The van der Waals surface area contributed by atoms with Crippen LogP contribution in [0.25, 0.3) is 0 Å². The minimum atomic E-state index is -2.26. The maximum Gasteiger partial charge on any atom is 0.339 e. The summed E-state index contributed by atoms with van der Waals surface area (Å²) in [6.07, 6.45) is 17.7. The van der Waals surface area contributed by atoms with Gasteiger partial charge in [0.25, 0.3) is 0 Å². The van der Waals surface area contributed by atoms with Gasteiger partial charge in [0.1, 0.15) is 12.7 Å². The molecule has 0 bridgehead atoms. The van der Waals surface area contributed by atoms with E-state index in [4.69, 9.17) is 14.9 Å². The maximum absolute atomic E-state index is 11.7. The van der Waals surface area contributed by atoms with Crippen molar-refractivity contribution in [2.24, 2.45) is 0 Å². The monoisotopic (exact) mass is 634 g/mol. The van der Waals surface area contributed by atoms with E-state index in [1.165, 1.54) is 83.5 Å². The number of rotatable bonds is 27. The highest BCUT2D eigenvalue weighted by Gasteiger charge is 2.43. The second-order valence-electron chi connectivity index (χ2n) is 10.9. The predicted octanol–water partition coefficient (Wildman–Crippen LogP) is 5.33. The molecule has 11 nitrogen and oxygen atoms in total. The molecule has 260 valence electrons. The van der Waals surface area contributed by atoms with Crippen molar-refractivity contribution >= 4 is 23.9 Å². The van der Waals surface area contributed by atoms with Crippen molar-refractivity contribution in [3.8, 4) is 0 Å². The SMILES string of the molecule is CCCCCCCCCCCCCCCCCC(=O)OCC(O)CO.CCOC(=O)CC(O)(CC(=O)OCC)C(=O)OCC. The maximum atomic E-state index is 11.7. The summed E-state index contributed by atoms with van der Waals surface area (Å²) in [5, 5.41) is 27.8. The Labute approximate surface area is 265 Å². The van der Waals surface area contributed by atoms with Crippen LogP contribution in [0.4, 0.5) is 0 Å². The Hall–Kier alpha value is -2.24. The van der Waals surface area contributed by atoms with Crippen molar-refractivity contribution < 1.29 is 53.4 Å². The molecule has 0 aromatic heterocycles. The molecule has 0 aliphatic rings. The highest BCUT2D eigenvalue weighted by molar-refractivity contribution is 5.90. The predicted molar refractivity (Wildman–Crippen MR) is 168 cm³/mol. The van der Waals surface area contributed by atoms with E-state index in [-0.39, 0.29) is 39.0 Å². The summed E-state index contributed by atoms with van der Waals surface area (Å²) in [6, 6.07) is 0. The molecular formula is C33H62O11. The molecule has 0 saturated carbocycles. The van der Waals surface area contributed by atoms with Crippen LogP contribution in [0.15, 0.2) is 0 Å². The summed E-state index contributed by atoms with van der Waals surface area (Å²) in [5.41, 5.74) is -2.26. The molecule has 0 aromatic rings. The van der Waals surface area contributed by atoms with Gasteiger partial charge in [-0.2, -0.15) is 0 Å². The number of carbonyl (C=O) groups is 4. The average molecular weight is 635 g/mol. The van der Waals surface area contributed by atoms with Gasteiger partial charge in [-0.25, -0.2) is 4.79 Å². The highest BCUT2D eigenvalue weighted by atomic mass is 16.6. The fourth-order valence-corrected chi connectivity index (χ4v) is 4.33. The lowest BCUT2D eigenvalue weighted by Crippen LogP contribution is -2.44. The van der Waals surface area contributed by atoms with E-state index in [2.05, 4.69) is 21.1 Å². The minimum Gasteiger partial charge on any atom is -0.466 e. The van der Waals surface area contributed by atoms with E-state index in [1.807, 2.05) is 0 Å². The number of aliphatic hydroxyl groups is 3. The first-order valence-electron chi connectivity index (χ1n) is 16.7. The summed E-state index contributed by atoms with van der Waals surface area (Å²) in [6.45, 7) is 6.76. The lowest BCUT2D eigenvalue weighted by atomic mass is 9.95. The van der Waals surface area contributed by atoms with E-state index in [0.29, 0.717) is 6.42 Å². The van der Waals surface area contributed by atoms with Gasteiger partial charge in [0, 0.05) is 6.42 Å². The van der Waals surface area contributed by atoms with Gasteiger partial charge in [-0.05, 0) is 27.2 Å². The fourth-order valence-electron chi connectivity index (χ4n) is 4.33. The summed E-state index contributed by atoms with van der Waals surface area (Å²) >= 11 is 0. The third-order valence-electron chi connectivity index (χ3n) is 6.77. The van der Waals surface area contributed by atoms with E-state index >= 15 is 0 Å². The third kappa shape index (κ3) is 27.3. The van der Waals surface area contributed by atoms with Crippen molar-refractivity contribution in [2.75, 3.05) is 33.0 Å². The molecule has 0 aliphatic heterocycles. The van der Waals surface area contributed by atoms with Crippen LogP contribution in [0.1, 0.15) is 143 Å². The number of aliphatic hydroxyl groups excluding tert-OH is 2. The van der Waals surface area contributed by atoms with E-state index in [0.717, 1.165) is 12.8 Å². The Morgan fingerprint density at radius 2 is 0.955 bits per heavy atom. The van der Waals surface area contributed by atoms with Gasteiger partial charge >= 0.3 is 23.9 Å². The molecule has 0 fully saturated rings. The average Bonchev–Trinajstić information content (AvgIpc) is 2.98. The molecule has 3 N–H and O–H groups in total. The highest BCUT2D eigenvalue weighted by Crippen LogP contribution is 2.20. The molecule has 0 spiro atoms. The van der Waals surface area contributed by atoms with Gasteiger partial charge in [0.05, 0.1) is 39.3 Å². The zero-order valence-corrected chi connectivity index (χ0v) is 27.9. The van der Waals surface area contributed by atoms with Crippen LogP contribution in [0.2, 0.25) is 0 Å². The summed E-state index contributed by atoms with van der Waals surface area (Å²) in [4.78, 5) is 45.8. The zero-order chi connectivity index (χ0) is 33.5. The number of carbonyl (C=O) groups excluding carboxylic acids is 4. The van der Waals surface area contributed by atoms with Crippen molar-refractivity contribution in [3.63, 3.8) is 0 Å². The Balaban J connectivity index is 0. The van der Waals surface area contributed by atoms with E-state index in [1.54, 1.807) is 20.8 Å². The first kappa shape index (κ1) is 43.9. The van der Waals surface area contributed by atoms with Crippen molar-refractivity contribution in [1.29, 1.82) is 0 Å². The third-order valence-corrected chi connectivity index (χ3v) is 6.77. The number of ether oxygens (including phenoxy) is 4. The fraction of sp³-hybridized carbons (Fsp3) is 0.879. The first-order chi connectivity index (χ1) is 21.1. The van der Waals surface area contributed by atoms with Gasteiger partial charge < -0.3 is 34.3 Å². The number of hydrogen-bond acceptors (Lipinski definition) is 11. The van der Waals surface area contributed by atoms with Crippen LogP contribution < -0.4 is 0 Å². The molecule has 0 heterocycles.